The Morgan fingerprint density at radius 2 is 2.00 bits per heavy atom. The van der Waals surface area contributed by atoms with E-state index in [4.69, 9.17) is 27.2 Å². The molecule has 3 aromatic rings. The molecule has 1 fully saturated rings. The molecule has 0 spiro atoms. The second-order valence-electron chi connectivity index (χ2n) is 7.50. The van der Waals surface area contributed by atoms with E-state index >= 15 is 0 Å². The standard InChI is InChI=1S/C25H23N3O4S2/c1-2-32-20-11-6-8-17(14-20)23-18(16-28(26-23)19-9-4-3-5-10-19)15-21-24(31)27(25(33)34-21)13-7-12-22(29)30/h3-6,8-11,14-16H,2,7,12-13H2,1H3,(H,29,30)/b21-15-. The van der Waals surface area contributed by atoms with E-state index in [1.165, 1.54) is 16.7 Å². The smallest absolute Gasteiger partial charge is 0.303 e. The second kappa shape index (κ2) is 10.7. The number of thiocarbonyl (C=S) groups is 1. The zero-order valence-electron chi connectivity index (χ0n) is 18.5. The number of carbonyl (C=O) groups excluding carboxylic acids is 1. The fourth-order valence-electron chi connectivity index (χ4n) is 3.55. The number of ether oxygens (including phenoxy) is 1. The number of aromatic nitrogens is 2. The summed E-state index contributed by atoms with van der Waals surface area (Å²) in [5.41, 5.74) is 3.24. The van der Waals surface area contributed by atoms with Gasteiger partial charge in [0.25, 0.3) is 5.91 Å². The molecule has 174 valence electrons. The first-order valence-electron chi connectivity index (χ1n) is 10.8. The van der Waals surface area contributed by atoms with E-state index in [0.29, 0.717) is 27.9 Å². The number of thioether (sulfide) groups is 1. The van der Waals surface area contributed by atoms with E-state index in [1.54, 1.807) is 10.8 Å². The molecule has 2 heterocycles. The topological polar surface area (TPSA) is 84.7 Å². The zero-order valence-corrected chi connectivity index (χ0v) is 20.1. The van der Waals surface area contributed by atoms with E-state index in [2.05, 4.69) is 0 Å². The predicted molar refractivity (Wildman–Crippen MR) is 137 cm³/mol. The van der Waals surface area contributed by atoms with E-state index in [9.17, 15) is 9.59 Å². The molecule has 2 aromatic carbocycles. The number of rotatable bonds is 9. The van der Waals surface area contributed by atoms with Crippen LogP contribution in [0.15, 0.2) is 65.7 Å². The molecule has 9 heteroatoms. The molecule has 1 amide bonds. The minimum atomic E-state index is -0.895. The molecule has 0 saturated carbocycles. The van der Waals surface area contributed by atoms with Crippen molar-refractivity contribution < 1.29 is 19.4 Å². The average molecular weight is 494 g/mol. The number of hydrogen-bond acceptors (Lipinski definition) is 6. The van der Waals surface area contributed by atoms with Gasteiger partial charge in [0.1, 0.15) is 15.8 Å². The van der Waals surface area contributed by atoms with Crippen molar-refractivity contribution in [2.45, 2.75) is 19.8 Å². The normalized spacial score (nSPS) is 14.7. The van der Waals surface area contributed by atoms with Crippen LogP contribution >= 0.6 is 24.0 Å². The molecule has 1 saturated heterocycles. The Balaban J connectivity index is 1.71. The summed E-state index contributed by atoms with van der Waals surface area (Å²) in [6, 6.07) is 17.4. The van der Waals surface area contributed by atoms with Crippen molar-refractivity contribution in [2.24, 2.45) is 0 Å². The molecule has 0 unspecified atom stereocenters. The Morgan fingerprint density at radius 3 is 2.74 bits per heavy atom. The van der Waals surface area contributed by atoms with Gasteiger partial charge in [0.15, 0.2) is 0 Å². The van der Waals surface area contributed by atoms with Gasteiger partial charge in [-0.2, -0.15) is 5.10 Å². The van der Waals surface area contributed by atoms with Gasteiger partial charge in [-0.15, -0.1) is 0 Å². The Kier molecular flexibility index (Phi) is 7.44. The van der Waals surface area contributed by atoms with Crippen molar-refractivity contribution in [1.29, 1.82) is 0 Å². The minimum absolute atomic E-state index is 0.0136. The average Bonchev–Trinajstić information content (AvgIpc) is 3.36. The lowest BCUT2D eigenvalue weighted by molar-refractivity contribution is -0.137. The molecular formula is C25H23N3O4S2. The van der Waals surface area contributed by atoms with Crippen molar-refractivity contribution in [3.8, 4) is 22.7 Å². The number of nitrogens with zero attached hydrogens (tertiary/aromatic N) is 3. The van der Waals surface area contributed by atoms with E-state index < -0.39 is 5.97 Å². The van der Waals surface area contributed by atoms with Gasteiger partial charge in [-0.05, 0) is 43.7 Å². The van der Waals surface area contributed by atoms with Crippen molar-refractivity contribution in [2.75, 3.05) is 13.2 Å². The summed E-state index contributed by atoms with van der Waals surface area (Å²) in [4.78, 5) is 25.8. The van der Waals surface area contributed by atoms with Crippen molar-refractivity contribution in [1.82, 2.24) is 14.7 Å². The summed E-state index contributed by atoms with van der Waals surface area (Å²) < 4.78 is 7.87. The first-order chi connectivity index (χ1) is 16.5. The molecule has 4 rings (SSSR count). The lowest BCUT2D eigenvalue weighted by Gasteiger charge is -2.13. The number of para-hydroxylation sites is 1. The zero-order chi connectivity index (χ0) is 24.1. The third kappa shape index (κ3) is 5.37. The lowest BCUT2D eigenvalue weighted by Crippen LogP contribution is -2.29. The largest absolute Gasteiger partial charge is 0.494 e. The number of aliphatic carboxylic acids is 1. The monoisotopic (exact) mass is 493 g/mol. The number of hydrogen-bond donors (Lipinski definition) is 1. The van der Waals surface area contributed by atoms with Crippen LogP contribution in [0.5, 0.6) is 5.75 Å². The Morgan fingerprint density at radius 1 is 1.21 bits per heavy atom. The summed E-state index contributed by atoms with van der Waals surface area (Å²) in [5.74, 6) is -0.375. The summed E-state index contributed by atoms with van der Waals surface area (Å²) >= 11 is 6.60. The van der Waals surface area contributed by atoms with Gasteiger partial charge in [0.05, 0.1) is 17.2 Å². The van der Waals surface area contributed by atoms with Crippen LogP contribution in [0.3, 0.4) is 0 Å². The van der Waals surface area contributed by atoms with Gasteiger partial charge in [-0.3, -0.25) is 14.5 Å². The second-order valence-corrected chi connectivity index (χ2v) is 9.18. The fraction of sp³-hybridized carbons (Fsp3) is 0.200. The third-order valence-electron chi connectivity index (χ3n) is 5.11. The van der Waals surface area contributed by atoms with Crippen LogP contribution in [0.25, 0.3) is 23.0 Å². The van der Waals surface area contributed by atoms with Gasteiger partial charge < -0.3 is 9.84 Å². The highest BCUT2D eigenvalue weighted by Crippen LogP contribution is 2.35. The fourth-order valence-corrected chi connectivity index (χ4v) is 4.85. The van der Waals surface area contributed by atoms with Crippen LogP contribution in [-0.4, -0.2) is 49.1 Å². The van der Waals surface area contributed by atoms with E-state index in [0.717, 1.165) is 22.6 Å². The SMILES string of the molecule is CCOc1cccc(-c2nn(-c3ccccc3)cc2/C=C2\SC(=S)N(CCCC(=O)O)C2=O)c1. The molecule has 7 nitrogen and oxygen atoms in total. The number of carboxylic acid groups (broad SMARTS) is 1. The Hall–Kier alpha value is -3.43. The van der Waals surface area contributed by atoms with Gasteiger partial charge >= 0.3 is 5.97 Å². The van der Waals surface area contributed by atoms with Crippen LogP contribution < -0.4 is 4.74 Å². The summed E-state index contributed by atoms with van der Waals surface area (Å²) in [7, 11) is 0. The van der Waals surface area contributed by atoms with Crippen LogP contribution in [-0.2, 0) is 9.59 Å². The van der Waals surface area contributed by atoms with Crippen molar-refractivity contribution in [3.63, 3.8) is 0 Å². The Labute approximate surface area is 207 Å². The maximum Gasteiger partial charge on any atom is 0.303 e. The van der Waals surface area contributed by atoms with Crippen molar-refractivity contribution in [3.05, 3.63) is 71.3 Å². The molecule has 1 aliphatic heterocycles. The van der Waals surface area contributed by atoms with Crippen LogP contribution in [0, 0.1) is 0 Å². The molecule has 0 radical (unpaired) electrons. The number of amides is 1. The van der Waals surface area contributed by atoms with Gasteiger partial charge in [0, 0.05) is 30.3 Å². The first-order valence-corrected chi connectivity index (χ1v) is 12.0. The maximum atomic E-state index is 13.0. The number of benzene rings is 2. The number of carbonyl (C=O) groups is 2. The molecule has 1 aliphatic rings. The van der Waals surface area contributed by atoms with Gasteiger partial charge in [-0.25, -0.2) is 4.68 Å². The highest BCUT2D eigenvalue weighted by molar-refractivity contribution is 8.26. The Bertz CT molecular complexity index is 1250. The van der Waals surface area contributed by atoms with Crippen LogP contribution in [0.4, 0.5) is 0 Å². The summed E-state index contributed by atoms with van der Waals surface area (Å²) in [6.07, 6.45) is 4.01. The molecule has 1 aromatic heterocycles. The first kappa shape index (κ1) is 23.7. The maximum absolute atomic E-state index is 13.0. The molecule has 34 heavy (non-hydrogen) atoms. The van der Waals surface area contributed by atoms with E-state index in [-0.39, 0.29) is 18.9 Å². The molecule has 0 atom stereocenters. The van der Waals surface area contributed by atoms with Gasteiger partial charge in [-0.1, -0.05) is 54.3 Å². The lowest BCUT2D eigenvalue weighted by atomic mass is 10.1. The highest BCUT2D eigenvalue weighted by Gasteiger charge is 2.32. The number of carboxylic acids is 1. The minimum Gasteiger partial charge on any atom is -0.494 e. The molecular weight excluding hydrogens is 470 g/mol. The summed E-state index contributed by atoms with van der Waals surface area (Å²) in [5, 5.41) is 13.7. The quantitative estimate of drug-likeness (QED) is 0.332. The molecule has 0 aliphatic carbocycles. The third-order valence-corrected chi connectivity index (χ3v) is 6.49. The van der Waals surface area contributed by atoms with Crippen LogP contribution in [0.2, 0.25) is 0 Å². The van der Waals surface area contributed by atoms with Gasteiger partial charge in [0.2, 0.25) is 0 Å². The molecule has 1 N–H and O–H groups in total. The highest BCUT2D eigenvalue weighted by atomic mass is 32.2. The van der Waals surface area contributed by atoms with E-state index in [1.807, 2.05) is 67.7 Å². The van der Waals surface area contributed by atoms with Crippen molar-refractivity contribution >= 4 is 46.3 Å². The predicted octanol–water partition coefficient (Wildman–Crippen LogP) is 5.00. The summed E-state index contributed by atoms with van der Waals surface area (Å²) in [6.45, 7) is 2.76. The molecule has 0 bridgehead atoms. The van der Waals surface area contributed by atoms with Crippen LogP contribution in [0.1, 0.15) is 25.3 Å².